The summed E-state index contributed by atoms with van der Waals surface area (Å²) in [4.78, 5) is 25.6. The lowest BCUT2D eigenvalue weighted by Crippen LogP contribution is -2.24. The van der Waals surface area contributed by atoms with Gasteiger partial charge in [-0.05, 0) is 52.6 Å². The zero-order valence-corrected chi connectivity index (χ0v) is 14.4. The third-order valence-corrected chi connectivity index (χ3v) is 5.28. The molecule has 21 heavy (non-hydrogen) atoms. The maximum absolute atomic E-state index is 12.1. The number of aromatic nitrogens is 1. The van der Waals surface area contributed by atoms with E-state index in [0.717, 1.165) is 20.2 Å². The van der Waals surface area contributed by atoms with E-state index in [0.29, 0.717) is 10.7 Å². The Morgan fingerprint density at radius 1 is 1.43 bits per heavy atom. The SMILES string of the molecule is Cc1nsc(N(C)C(=O)C=Cc2ccc(Br)s2)c1C(=O)O. The molecule has 0 aliphatic heterocycles. The highest BCUT2D eigenvalue weighted by Gasteiger charge is 2.22. The fourth-order valence-electron chi connectivity index (χ4n) is 1.62. The van der Waals surface area contributed by atoms with Crippen LogP contribution in [0.15, 0.2) is 22.0 Å². The molecule has 0 unspecified atom stereocenters. The Morgan fingerprint density at radius 2 is 2.14 bits per heavy atom. The topological polar surface area (TPSA) is 70.5 Å². The van der Waals surface area contributed by atoms with Crippen LogP contribution in [0, 0.1) is 6.92 Å². The van der Waals surface area contributed by atoms with E-state index >= 15 is 0 Å². The lowest BCUT2D eigenvalue weighted by Gasteiger charge is -2.13. The van der Waals surface area contributed by atoms with Crippen molar-refractivity contribution in [3.05, 3.63) is 38.1 Å². The van der Waals surface area contributed by atoms with E-state index in [1.54, 1.807) is 13.0 Å². The molecule has 0 aliphatic rings. The Balaban J connectivity index is 2.20. The molecule has 2 rings (SSSR count). The van der Waals surface area contributed by atoms with Crippen molar-refractivity contribution in [1.29, 1.82) is 0 Å². The predicted molar refractivity (Wildman–Crippen MR) is 88.3 cm³/mol. The lowest BCUT2D eigenvalue weighted by molar-refractivity contribution is -0.113. The number of aromatic carboxylic acids is 1. The van der Waals surface area contributed by atoms with E-state index in [9.17, 15) is 14.7 Å². The summed E-state index contributed by atoms with van der Waals surface area (Å²) in [5.41, 5.74) is 0.483. The summed E-state index contributed by atoms with van der Waals surface area (Å²) in [7, 11) is 1.54. The first-order valence-corrected chi connectivity index (χ1v) is 8.19. The molecule has 0 saturated heterocycles. The summed E-state index contributed by atoms with van der Waals surface area (Å²) in [6.45, 7) is 1.61. The highest BCUT2D eigenvalue weighted by Crippen LogP contribution is 2.28. The van der Waals surface area contributed by atoms with Crippen LogP contribution in [0.2, 0.25) is 0 Å². The number of halogens is 1. The Kier molecular flexibility index (Phi) is 4.92. The smallest absolute Gasteiger partial charge is 0.340 e. The summed E-state index contributed by atoms with van der Waals surface area (Å²) >= 11 is 5.86. The number of carboxylic acids is 1. The van der Waals surface area contributed by atoms with E-state index < -0.39 is 5.97 Å². The fourth-order valence-corrected chi connectivity index (χ4v) is 3.80. The number of carbonyl (C=O) groups is 2. The van der Waals surface area contributed by atoms with Gasteiger partial charge in [0.2, 0.25) is 0 Å². The molecule has 0 atom stereocenters. The van der Waals surface area contributed by atoms with Crippen molar-refractivity contribution in [2.75, 3.05) is 11.9 Å². The van der Waals surface area contributed by atoms with Gasteiger partial charge in [0.25, 0.3) is 5.91 Å². The number of hydrogen-bond donors (Lipinski definition) is 1. The van der Waals surface area contributed by atoms with Crippen molar-refractivity contribution in [2.45, 2.75) is 6.92 Å². The summed E-state index contributed by atoms with van der Waals surface area (Å²) in [5.74, 6) is -1.38. The Hall–Kier alpha value is -1.51. The first-order chi connectivity index (χ1) is 9.90. The van der Waals surface area contributed by atoms with Gasteiger partial charge in [-0.1, -0.05) is 0 Å². The second-order valence-electron chi connectivity index (χ2n) is 4.13. The first kappa shape index (κ1) is 15.9. The molecular formula is C13H11BrN2O3S2. The Bertz CT molecular complexity index is 721. The standard InChI is InChI=1S/C13H11BrN2O3S2/c1-7-11(13(18)19)12(21-15-7)16(2)10(17)6-4-8-3-5-9(14)20-8/h3-6H,1-2H3,(H,18,19). The van der Waals surface area contributed by atoms with Crippen molar-refractivity contribution >= 4 is 61.8 Å². The normalized spacial score (nSPS) is 11.0. The third-order valence-electron chi connectivity index (χ3n) is 2.68. The van der Waals surface area contributed by atoms with Gasteiger partial charge in [0.15, 0.2) is 0 Å². The van der Waals surface area contributed by atoms with Crippen LogP contribution < -0.4 is 4.90 Å². The molecule has 5 nitrogen and oxygen atoms in total. The second-order valence-corrected chi connectivity index (χ2v) is 7.37. The predicted octanol–water partition coefficient (Wildman–Crippen LogP) is 3.65. The van der Waals surface area contributed by atoms with Crippen LogP contribution in [0.25, 0.3) is 6.08 Å². The van der Waals surface area contributed by atoms with Crippen LogP contribution in [-0.4, -0.2) is 28.4 Å². The highest BCUT2D eigenvalue weighted by molar-refractivity contribution is 9.11. The molecule has 2 aromatic heterocycles. The minimum atomic E-state index is -1.08. The Morgan fingerprint density at radius 3 is 2.71 bits per heavy atom. The number of aryl methyl sites for hydroxylation is 1. The van der Waals surface area contributed by atoms with E-state index in [2.05, 4.69) is 20.3 Å². The van der Waals surface area contributed by atoms with Gasteiger partial charge in [0.05, 0.1) is 9.48 Å². The number of carbonyl (C=O) groups excluding carboxylic acids is 1. The minimum absolute atomic E-state index is 0.0723. The average molecular weight is 387 g/mol. The molecule has 0 fully saturated rings. The third kappa shape index (κ3) is 3.58. The van der Waals surface area contributed by atoms with Crippen molar-refractivity contribution in [2.24, 2.45) is 0 Å². The number of carboxylic acid groups (broad SMARTS) is 1. The number of hydrogen-bond acceptors (Lipinski definition) is 5. The van der Waals surface area contributed by atoms with Crippen LogP contribution in [-0.2, 0) is 4.79 Å². The van der Waals surface area contributed by atoms with Gasteiger partial charge in [-0.2, -0.15) is 4.37 Å². The summed E-state index contributed by atoms with van der Waals surface area (Å²) in [6.07, 6.45) is 3.11. The number of anilines is 1. The van der Waals surface area contributed by atoms with E-state index in [1.165, 1.54) is 29.4 Å². The molecular weight excluding hydrogens is 376 g/mol. The van der Waals surface area contributed by atoms with Gasteiger partial charge >= 0.3 is 5.97 Å². The zero-order valence-electron chi connectivity index (χ0n) is 11.2. The molecule has 1 amide bonds. The first-order valence-electron chi connectivity index (χ1n) is 5.81. The van der Waals surface area contributed by atoms with E-state index in [-0.39, 0.29) is 11.5 Å². The van der Waals surface area contributed by atoms with Crippen LogP contribution in [0.3, 0.4) is 0 Å². The molecule has 2 aromatic rings. The van der Waals surface area contributed by atoms with Gasteiger partial charge in [-0.3, -0.25) is 4.79 Å². The summed E-state index contributed by atoms with van der Waals surface area (Å²) in [5, 5.41) is 9.52. The molecule has 0 bridgehead atoms. The van der Waals surface area contributed by atoms with E-state index in [4.69, 9.17) is 0 Å². The maximum Gasteiger partial charge on any atom is 0.340 e. The molecule has 0 radical (unpaired) electrons. The van der Waals surface area contributed by atoms with Gasteiger partial charge in [0.1, 0.15) is 10.6 Å². The van der Waals surface area contributed by atoms with E-state index in [1.807, 2.05) is 12.1 Å². The highest BCUT2D eigenvalue weighted by atomic mass is 79.9. The van der Waals surface area contributed by atoms with Crippen molar-refractivity contribution in [3.8, 4) is 0 Å². The van der Waals surface area contributed by atoms with Crippen LogP contribution in [0.1, 0.15) is 20.9 Å². The number of rotatable bonds is 4. The van der Waals surface area contributed by atoms with Crippen molar-refractivity contribution < 1.29 is 14.7 Å². The molecule has 0 saturated carbocycles. The average Bonchev–Trinajstić information content (AvgIpc) is 3.01. The molecule has 2 heterocycles. The maximum atomic E-state index is 12.1. The van der Waals surface area contributed by atoms with Crippen LogP contribution >= 0.6 is 38.8 Å². The van der Waals surface area contributed by atoms with Crippen LogP contribution in [0.5, 0.6) is 0 Å². The zero-order chi connectivity index (χ0) is 15.6. The fraction of sp³-hybridized carbons (Fsp3) is 0.154. The van der Waals surface area contributed by atoms with Gasteiger partial charge in [0, 0.05) is 18.0 Å². The van der Waals surface area contributed by atoms with Gasteiger partial charge in [-0.25, -0.2) is 4.79 Å². The Labute approximate surface area is 137 Å². The largest absolute Gasteiger partial charge is 0.478 e. The van der Waals surface area contributed by atoms with Gasteiger partial charge in [-0.15, -0.1) is 11.3 Å². The molecule has 8 heteroatoms. The number of likely N-dealkylation sites (N-methyl/N-ethyl adjacent to an activating group) is 1. The molecule has 1 N–H and O–H groups in total. The van der Waals surface area contributed by atoms with Crippen molar-refractivity contribution in [3.63, 3.8) is 0 Å². The van der Waals surface area contributed by atoms with Crippen molar-refractivity contribution in [1.82, 2.24) is 4.37 Å². The summed E-state index contributed by atoms with van der Waals surface area (Å²) < 4.78 is 4.98. The monoisotopic (exact) mass is 386 g/mol. The molecule has 0 aromatic carbocycles. The molecule has 0 spiro atoms. The minimum Gasteiger partial charge on any atom is -0.478 e. The quantitative estimate of drug-likeness (QED) is 0.813. The summed E-state index contributed by atoms with van der Waals surface area (Å²) in [6, 6.07) is 3.78. The lowest BCUT2D eigenvalue weighted by atomic mass is 10.2. The number of thiophene rings is 1. The number of amides is 1. The van der Waals surface area contributed by atoms with Crippen LogP contribution in [0.4, 0.5) is 5.00 Å². The number of nitrogens with zero attached hydrogens (tertiary/aromatic N) is 2. The molecule has 0 aliphatic carbocycles. The second kappa shape index (κ2) is 6.50. The molecule has 110 valence electrons. The van der Waals surface area contributed by atoms with Gasteiger partial charge < -0.3 is 10.0 Å².